The predicted molar refractivity (Wildman–Crippen MR) is 66.9 cm³/mol. The zero-order valence-electron chi connectivity index (χ0n) is 9.97. The molecule has 0 radical (unpaired) electrons. The number of halogens is 1. The van der Waals surface area contributed by atoms with Crippen LogP contribution in [0.4, 0.5) is 4.39 Å². The minimum atomic E-state index is -3.56. The Morgan fingerprint density at radius 2 is 1.94 bits per heavy atom. The van der Waals surface area contributed by atoms with Gasteiger partial charge >= 0.3 is 0 Å². The summed E-state index contributed by atoms with van der Waals surface area (Å²) in [6, 6.07) is 4.85. The predicted octanol–water partition coefficient (Wildman–Crippen LogP) is 1.23. The molecule has 1 aromatic rings. The van der Waals surface area contributed by atoms with Crippen LogP contribution in [0.2, 0.25) is 0 Å². The average Bonchev–Trinajstić information content (AvgIpc) is 2.73. The minimum absolute atomic E-state index is 0.0703. The maximum Gasteiger partial charge on any atom is 0.240 e. The Bertz CT molecular complexity index is 501. The molecule has 1 aliphatic carbocycles. The zero-order valence-corrected chi connectivity index (χ0v) is 10.8. The van der Waals surface area contributed by atoms with Crippen LogP contribution in [0.5, 0.6) is 0 Å². The molecule has 0 aromatic heterocycles. The van der Waals surface area contributed by atoms with Crippen molar-refractivity contribution in [3.05, 3.63) is 30.1 Å². The number of hydrogen-bond acceptors (Lipinski definition) is 3. The highest BCUT2D eigenvalue weighted by Crippen LogP contribution is 2.23. The smallest absolute Gasteiger partial charge is 0.240 e. The normalized spacial score (nSPS) is 24.3. The van der Waals surface area contributed by atoms with E-state index < -0.39 is 15.8 Å². The molecule has 0 spiro atoms. The highest BCUT2D eigenvalue weighted by Gasteiger charge is 2.25. The Morgan fingerprint density at radius 3 is 2.50 bits per heavy atom. The fourth-order valence-corrected chi connectivity index (χ4v) is 3.33. The summed E-state index contributed by atoms with van der Waals surface area (Å²) >= 11 is 0. The summed E-state index contributed by atoms with van der Waals surface area (Å²) in [7, 11) is -3.56. The highest BCUT2D eigenvalue weighted by atomic mass is 32.2. The maximum atomic E-state index is 12.7. The van der Waals surface area contributed by atoms with Crippen LogP contribution in [0.15, 0.2) is 29.2 Å². The first-order chi connectivity index (χ1) is 8.49. The Hall–Kier alpha value is -0.980. The van der Waals surface area contributed by atoms with Crippen molar-refractivity contribution in [3.8, 4) is 0 Å². The van der Waals surface area contributed by atoms with Crippen molar-refractivity contribution in [2.75, 3.05) is 6.54 Å². The molecule has 0 aliphatic heterocycles. The van der Waals surface area contributed by atoms with E-state index in [0.29, 0.717) is 6.54 Å². The number of nitrogens with one attached hydrogen (secondary N) is 1. The van der Waals surface area contributed by atoms with Crippen LogP contribution in [0.3, 0.4) is 0 Å². The standard InChI is InChI=1S/C12H17FN2O2S/c13-10-4-6-11(7-5-10)18(16,17)15-8-9-2-1-3-12(9)14/h4-7,9,12,15H,1-3,8,14H2. The molecule has 0 bridgehead atoms. The second-order valence-electron chi connectivity index (χ2n) is 4.66. The van der Waals surface area contributed by atoms with Crippen LogP contribution in [-0.2, 0) is 10.0 Å². The topological polar surface area (TPSA) is 72.2 Å². The van der Waals surface area contributed by atoms with Crippen LogP contribution < -0.4 is 10.5 Å². The van der Waals surface area contributed by atoms with E-state index >= 15 is 0 Å². The van der Waals surface area contributed by atoms with E-state index in [-0.39, 0.29) is 16.9 Å². The maximum absolute atomic E-state index is 12.7. The summed E-state index contributed by atoms with van der Waals surface area (Å²) < 4.78 is 39.1. The van der Waals surface area contributed by atoms with Crippen molar-refractivity contribution in [1.82, 2.24) is 4.72 Å². The molecule has 18 heavy (non-hydrogen) atoms. The Morgan fingerprint density at radius 1 is 1.28 bits per heavy atom. The molecule has 0 saturated heterocycles. The molecular formula is C12H17FN2O2S. The van der Waals surface area contributed by atoms with Crippen LogP contribution in [0.1, 0.15) is 19.3 Å². The van der Waals surface area contributed by atoms with Gasteiger partial charge in [-0.1, -0.05) is 6.42 Å². The lowest BCUT2D eigenvalue weighted by atomic mass is 10.1. The third kappa shape index (κ3) is 3.07. The van der Waals surface area contributed by atoms with E-state index in [0.717, 1.165) is 31.4 Å². The Kier molecular flexibility index (Phi) is 3.99. The van der Waals surface area contributed by atoms with E-state index in [1.54, 1.807) is 0 Å². The molecule has 100 valence electrons. The lowest BCUT2D eigenvalue weighted by Gasteiger charge is -2.16. The van der Waals surface area contributed by atoms with Gasteiger partial charge in [-0.25, -0.2) is 17.5 Å². The zero-order chi connectivity index (χ0) is 13.2. The second kappa shape index (κ2) is 5.34. The van der Waals surface area contributed by atoms with Gasteiger partial charge in [0.2, 0.25) is 10.0 Å². The lowest BCUT2D eigenvalue weighted by molar-refractivity contribution is 0.469. The largest absolute Gasteiger partial charge is 0.327 e. The number of benzene rings is 1. The summed E-state index contributed by atoms with van der Waals surface area (Å²) in [5, 5.41) is 0. The third-order valence-electron chi connectivity index (χ3n) is 3.38. The van der Waals surface area contributed by atoms with Gasteiger partial charge in [-0.3, -0.25) is 0 Å². The molecule has 6 heteroatoms. The number of rotatable bonds is 4. The van der Waals surface area contributed by atoms with Crippen molar-refractivity contribution >= 4 is 10.0 Å². The summed E-state index contributed by atoms with van der Waals surface area (Å²) in [6.07, 6.45) is 2.94. The number of hydrogen-bond donors (Lipinski definition) is 2. The molecule has 1 aromatic carbocycles. The molecule has 3 N–H and O–H groups in total. The molecule has 1 saturated carbocycles. The monoisotopic (exact) mass is 272 g/mol. The molecular weight excluding hydrogens is 255 g/mol. The van der Waals surface area contributed by atoms with E-state index in [9.17, 15) is 12.8 Å². The minimum Gasteiger partial charge on any atom is -0.327 e. The summed E-state index contributed by atoms with van der Waals surface area (Å²) in [4.78, 5) is 0.0791. The van der Waals surface area contributed by atoms with Gasteiger partial charge < -0.3 is 5.73 Å². The van der Waals surface area contributed by atoms with E-state index in [4.69, 9.17) is 5.73 Å². The van der Waals surface area contributed by atoms with Gasteiger partial charge in [-0.15, -0.1) is 0 Å². The SMILES string of the molecule is NC1CCCC1CNS(=O)(=O)c1ccc(F)cc1. The fourth-order valence-electron chi connectivity index (χ4n) is 2.23. The fraction of sp³-hybridized carbons (Fsp3) is 0.500. The van der Waals surface area contributed by atoms with Crippen molar-refractivity contribution in [3.63, 3.8) is 0 Å². The first-order valence-corrected chi connectivity index (χ1v) is 7.48. The summed E-state index contributed by atoms with van der Waals surface area (Å²) in [6.45, 7) is 0.348. The van der Waals surface area contributed by atoms with E-state index in [1.807, 2.05) is 0 Å². The van der Waals surface area contributed by atoms with Gasteiger partial charge in [0.1, 0.15) is 5.82 Å². The molecule has 4 nitrogen and oxygen atoms in total. The Labute approximate surface area is 106 Å². The van der Waals surface area contributed by atoms with Gasteiger partial charge in [0, 0.05) is 12.6 Å². The summed E-state index contributed by atoms with van der Waals surface area (Å²) in [5.74, 6) is -0.257. The molecule has 1 aliphatic rings. The van der Waals surface area contributed by atoms with Crippen LogP contribution in [0.25, 0.3) is 0 Å². The number of nitrogens with two attached hydrogens (primary N) is 1. The first-order valence-electron chi connectivity index (χ1n) is 6.00. The van der Waals surface area contributed by atoms with Crippen molar-refractivity contribution in [2.45, 2.75) is 30.2 Å². The van der Waals surface area contributed by atoms with E-state index in [2.05, 4.69) is 4.72 Å². The molecule has 2 unspecified atom stereocenters. The van der Waals surface area contributed by atoms with Crippen LogP contribution in [-0.4, -0.2) is 21.0 Å². The highest BCUT2D eigenvalue weighted by molar-refractivity contribution is 7.89. The van der Waals surface area contributed by atoms with Crippen molar-refractivity contribution < 1.29 is 12.8 Å². The molecule has 2 atom stereocenters. The first kappa shape index (κ1) is 13.5. The Balaban J connectivity index is 2.01. The van der Waals surface area contributed by atoms with Crippen molar-refractivity contribution in [1.29, 1.82) is 0 Å². The molecule has 0 amide bonds. The lowest BCUT2D eigenvalue weighted by Crippen LogP contribution is -2.35. The molecule has 0 heterocycles. The second-order valence-corrected chi connectivity index (χ2v) is 6.43. The quantitative estimate of drug-likeness (QED) is 0.866. The van der Waals surface area contributed by atoms with Gasteiger partial charge in [-0.05, 0) is 43.0 Å². The van der Waals surface area contributed by atoms with E-state index in [1.165, 1.54) is 12.1 Å². The van der Waals surface area contributed by atoms with Gasteiger partial charge in [-0.2, -0.15) is 0 Å². The van der Waals surface area contributed by atoms with Gasteiger partial charge in [0.15, 0.2) is 0 Å². The average molecular weight is 272 g/mol. The van der Waals surface area contributed by atoms with Crippen molar-refractivity contribution in [2.24, 2.45) is 11.7 Å². The van der Waals surface area contributed by atoms with Gasteiger partial charge in [0.25, 0.3) is 0 Å². The molecule has 1 fully saturated rings. The van der Waals surface area contributed by atoms with Gasteiger partial charge in [0.05, 0.1) is 4.90 Å². The third-order valence-corrected chi connectivity index (χ3v) is 4.82. The van der Waals surface area contributed by atoms with Crippen LogP contribution in [0, 0.1) is 11.7 Å². The van der Waals surface area contributed by atoms with Crippen LogP contribution >= 0.6 is 0 Å². The number of sulfonamides is 1. The summed E-state index contributed by atoms with van der Waals surface area (Å²) in [5.41, 5.74) is 5.88. The molecule has 2 rings (SSSR count).